The molecule has 0 bridgehead atoms. The van der Waals surface area contributed by atoms with Crippen LogP contribution in [0.25, 0.3) is 16.3 Å². The molecule has 0 aromatic heterocycles. The molecule has 1 unspecified atom stereocenters. The third-order valence-electron chi connectivity index (χ3n) is 6.04. The first kappa shape index (κ1) is 18.3. The van der Waals surface area contributed by atoms with Crippen molar-refractivity contribution in [3.05, 3.63) is 76.3 Å². The van der Waals surface area contributed by atoms with E-state index in [0.717, 1.165) is 39.8 Å². The third kappa shape index (κ3) is 2.92. The largest absolute Gasteiger partial charge is 0.506 e. The van der Waals surface area contributed by atoms with Crippen LogP contribution in [-0.4, -0.2) is 10.9 Å². The van der Waals surface area contributed by atoms with Crippen LogP contribution in [-0.2, 0) is 4.79 Å². The predicted molar refractivity (Wildman–Crippen MR) is 118 cm³/mol. The molecule has 2 N–H and O–H groups in total. The summed E-state index contributed by atoms with van der Waals surface area (Å²) in [7, 11) is 0. The molecule has 4 heteroatoms. The van der Waals surface area contributed by atoms with Crippen LogP contribution >= 0.6 is 11.6 Å². The van der Waals surface area contributed by atoms with E-state index in [0.29, 0.717) is 11.4 Å². The highest BCUT2D eigenvalue weighted by molar-refractivity contribution is 6.32. The third-order valence-corrected chi connectivity index (χ3v) is 6.36. The Hall–Kier alpha value is -2.78. The number of hydrogen-bond acceptors (Lipinski definition) is 3. The molecule has 1 aliphatic heterocycles. The van der Waals surface area contributed by atoms with Crippen molar-refractivity contribution < 1.29 is 9.90 Å². The lowest BCUT2D eigenvalue weighted by molar-refractivity contribution is -0.118. The second-order valence-corrected chi connectivity index (χ2v) is 9.24. The highest BCUT2D eigenvalue weighted by atomic mass is 35.5. The van der Waals surface area contributed by atoms with Crippen molar-refractivity contribution in [1.29, 1.82) is 0 Å². The average Bonchev–Trinajstić information content (AvgIpc) is 2.68. The van der Waals surface area contributed by atoms with Crippen LogP contribution in [0.5, 0.6) is 5.75 Å². The summed E-state index contributed by atoms with van der Waals surface area (Å²) in [6.45, 7) is 4.31. The fourth-order valence-corrected chi connectivity index (χ4v) is 4.91. The molecule has 0 saturated heterocycles. The lowest BCUT2D eigenvalue weighted by Crippen LogP contribution is -2.33. The molecule has 1 atom stereocenters. The van der Waals surface area contributed by atoms with Crippen LogP contribution in [0.15, 0.2) is 60.2 Å². The Bertz CT molecular complexity index is 1210. The van der Waals surface area contributed by atoms with Gasteiger partial charge in [-0.1, -0.05) is 61.8 Å². The monoisotopic (exact) mass is 403 g/mol. The van der Waals surface area contributed by atoms with Crippen molar-refractivity contribution in [1.82, 2.24) is 0 Å². The molecule has 0 fully saturated rings. The number of benzene rings is 3. The number of hydrogen-bond donors (Lipinski definition) is 2. The lowest BCUT2D eigenvalue weighted by atomic mass is 9.68. The Balaban J connectivity index is 1.80. The molecule has 5 rings (SSSR count). The van der Waals surface area contributed by atoms with Crippen molar-refractivity contribution in [2.75, 3.05) is 5.32 Å². The van der Waals surface area contributed by atoms with E-state index in [1.165, 1.54) is 5.39 Å². The summed E-state index contributed by atoms with van der Waals surface area (Å²) in [6.07, 6.45) is 1.36. The van der Waals surface area contributed by atoms with E-state index in [2.05, 4.69) is 43.4 Å². The molecular weight excluding hydrogens is 382 g/mol. The summed E-state index contributed by atoms with van der Waals surface area (Å²) in [4.78, 5) is 13.3. The van der Waals surface area contributed by atoms with Gasteiger partial charge in [-0.15, -0.1) is 0 Å². The van der Waals surface area contributed by atoms with Crippen LogP contribution in [0, 0.1) is 5.41 Å². The van der Waals surface area contributed by atoms with Crippen molar-refractivity contribution >= 4 is 39.4 Å². The minimum Gasteiger partial charge on any atom is -0.506 e. The lowest BCUT2D eigenvalue weighted by Gasteiger charge is -2.40. The van der Waals surface area contributed by atoms with E-state index < -0.39 is 0 Å². The van der Waals surface area contributed by atoms with Gasteiger partial charge in [0.05, 0.1) is 11.1 Å². The number of carbonyl (C=O) groups excluding carboxylic acids is 1. The van der Waals surface area contributed by atoms with Gasteiger partial charge in [-0.2, -0.15) is 0 Å². The number of phenolic OH excluding ortho intramolecular Hbond substituents is 1. The second-order valence-electron chi connectivity index (χ2n) is 8.83. The standard InChI is InChI=1S/C25H22ClNO2/c1-25(2)12-17-22-16-6-4-3-5-14(16)8-10-19(22)27-24(23(17)21(29)13-25)15-7-9-18(26)20(28)11-15/h3-11,24,27-28H,12-13H2,1-2H3. The fourth-order valence-electron chi connectivity index (χ4n) is 4.80. The Morgan fingerprint density at radius 1 is 1.07 bits per heavy atom. The minimum atomic E-state index is -0.301. The average molecular weight is 404 g/mol. The van der Waals surface area contributed by atoms with E-state index in [-0.39, 0.29) is 23.0 Å². The van der Waals surface area contributed by atoms with Crippen LogP contribution in [0.4, 0.5) is 5.69 Å². The van der Waals surface area contributed by atoms with Crippen molar-refractivity contribution in [2.45, 2.75) is 32.7 Å². The highest BCUT2D eigenvalue weighted by Crippen LogP contribution is 2.52. The summed E-state index contributed by atoms with van der Waals surface area (Å²) in [6, 6.07) is 17.4. The first-order chi connectivity index (χ1) is 13.8. The molecule has 3 nitrogen and oxygen atoms in total. The van der Waals surface area contributed by atoms with Gasteiger partial charge in [0.25, 0.3) is 0 Å². The maximum Gasteiger partial charge on any atom is 0.162 e. The van der Waals surface area contributed by atoms with E-state index >= 15 is 0 Å². The first-order valence-electron chi connectivity index (χ1n) is 9.87. The Morgan fingerprint density at radius 2 is 1.86 bits per heavy atom. The number of aromatic hydroxyl groups is 1. The number of rotatable bonds is 1. The number of carbonyl (C=O) groups is 1. The molecule has 0 radical (unpaired) electrons. The quantitative estimate of drug-likeness (QED) is 0.487. The molecule has 1 heterocycles. The summed E-state index contributed by atoms with van der Waals surface area (Å²) in [5.41, 5.74) is 4.84. The van der Waals surface area contributed by atoms with Gasteiger partial charge in [0.2, 0.25) is 0 Å². The Morgan fingerprint density at radius 3 is 2.66 bits per heavy atom. The number of Topliss-reactive ketones (excluding diaryl/α,β-unsaturated/α-hetero) is 1. The minimum absolute atomic E-state index is 0.0287. The van der Waals surface area contributed by atoms with E-state index in [4.69, 9.17) is 11.6 Å². The van der Waals surface area contributed by atoms with E-state index in [1.54, 1.807) is 12.1 Å². The summed E-state index contributed by atoms with van der Waals surface area (Å²) in [5.74, 6) is 0.197. The van der Waals surface area contributed by atoms with Crippen LogP contribution in [0.3, 0.4) is 0 Å². The topological polar surface area (TPSA) is 49.3 Å². The number of halogens is 1. The normalized spacial score (nSPS) is 20.2. The molecule has 29 heavy (non-hydrogen) atoms. The number of allylic oxidation sites excluding steroid dienone is 1. The van der Waals surface area contributed by atoms with Crippen molar-refractivity contribution in [2.24, 2.45) is 5.41 Å². The maximum absolute atomic E-state index is 13.3. The van der Waals surface area contributed by atoms with Gasteiger partial charge >= 0.3 is 0 Å². The first-order valence-corrected chi connectivity index (χ1v) is 10.3. The maximum atomic E-state index is 13.3. The van der Waals surface area contributed by atoms with Gasteiger partial charge in [-0.25, -0.2) is 0 Å². The number of fused-ring (bicyclic) bond motifs is 4. The number of ketones is 1. The van der Waals surface area contributed by atoms with Crippen molar-refractivity contribution in [3.8, 4) is 5.75 Å². The Labute approximate surface area is 175 Å². The van der Waals surface area contributed by atoms with E-state index in [1.807, 2.05) is 18.2 Å². The molecule has 0 amide bonds. The number of nitrogens with one attached hydrogen (secondary N) is 1. The summed E-state index contributed by atoms with van der Waals surface area (Å²) >= 11 is 6.02. The zero-order chi connectivity index (χ0) is 20.3. The summed E-state index contributed by atoms with van der Waals surface area (Å²) < 4.78 is 0. The zero-order valence-electron chi connectivity index (χ0n) is 16.4. The highest BCUT2D eigenvalue weighted by Gasteiger charge is 2.40. The smallest absolute Gasteiger partial charge is 0.162 e. The molecule has 3 aromatic rings. The summed E-state index contributed by atoms with van der Waals surface area (Å²) in [5, 5.41) is 16.4. The van der Waals surface area contributed by atoms with E-state index in [9.17, 15) is 9.90 Å². The van der Waals surface area contributed by atoms with Crippen LogP contribution in [0.1, 0.15) is 43.9 Å². The zero-order valence-corrected chi connectivity index (χ0v) is 17.2. The molecule has 3 aromatic carbocycles. The van der Waals surface area contributed by atoms with Gasteiger partial charge in [0.1, 0.15) is 5.75 Å². The molecule has 2 aliphatic rings. The molecule has 0 spiro atoms. The van der Waals surface area contributed by atoms with Gasteiger partial charge in [-0.3, -0.25) is 4.79 Å². The Kier molecular flexibility index (Phi) is 4.01. The van der Waals surface area contributed by atoms with Gasteiger partial charge in [-0.05, 0) is 51.9 Å². The fraction of sp³-hybridized carbons (Fsp3) is 0.240. The second kappa shape index (κ2) is 6.36. The van der Waals surface area contributed by atoms with Crippen molar-refractivity contribution in [3.63, 3.8) is 0 Å². The molecular formula is C25H22ClNO2. The van der Waals surface area contributed by atoms with Crippen LogP contribution < -0.4 is 5.32 Å². The van der Waals surface area contributed by atoms with Gasteiger partial charge < -0.3 is 10.4 Å². The van der Waals surface area contributed by atoms with Gasteiger partial charge in [0.15, 0.2) is 5.78 Å². The number of anilines is 1. The molecule has 146 valence electrons. The molecule has 1 aliphatic carbocycles. The molecule has 0 saturated carbocycles. The van der Waals surface area contributed by atoms with Gasteiger partial charge in [0, 0.05) is 23.2 Å². The number of phenols is 1. The predicted octanol–water partition coefficient (Wildman–Crippen LogP) is 6.51. The SMILES string of the molecule is CC1(C)CC(=O)C2=C(C1)c1c(ccc3ccccc13)NC2c1ccc(Cl)c(O)c1. The van der Waals surface area contributed by atoms with Crippen LogP contribution in [0.2, 0.25) is 5.02 Å².